The van der Waals surface area contributed by atoms with E-state index in [-0.39, 0.29) is 29.3 Å². The number of likely N-dealkylation sites (tertiary alicyclic amines) is 1. The maximum absolute atomic E-state index is 12.6. The summed E-state index contributed by atoms with van der Waals surface area (Å²) in [6.45, 7) is 0.973. The number of carboxylic acid groups (broad SMARTS) is 1. The normalized spacial score (nSPS) is 20.4. The number of aliphatic carboxylic acids is 1. The second kappa shape index (κ2) is 6.64. The number of amides is 1. The van der Waals surface area contributed by atoms with Crippen molar-refractivity contribution in [3.8, 4) is 11.3 Å². The van der Waals surface area contributed by atoms with E-state index in [0.717, 1.165) is 5.56 Å². The Morgan fingerprint density at radius 1 is 1.11 bits per heavy atom. The van der Waals surface area contributed by atoms with Crippen LogP contribution in [-0.2, 0) is 16.1 Å². The molecule has 0 radical (unpaired) electrons. The molecule has 7 nitrogen and oxygen atoms in total. The van der Waals surface area contributed by atoms with Crippen molar-refractivity contribution in [1.82, 2.24) is 14.7 Å². The Bertz CT molecular complexity index is 930. The SMILES string of the molecule is O=C(O)C1CC12CCN(C(=O)Cn1nc(-c3ccccc3)ccc1=O)CC2. The number of piperidine rings is 1. The second-order valence-corrected chi connectivity index (χ2v) is 7.42. The molecule has 1 aromatic heterocycles. The minimum atomic E-state index is -0.733. The lowest BCUT2D eigenvalue weighted by Gasteiger charge is -2.32. The topological polar surface area (TPSA) is 92.5 Å². The van der Waals surface area contributed by atoms with Gasteiger partial charge in [0.15, 0.2) is 0 Å². The molecule has 2 heterocycles. The monoisotopic (exact) mass is 367 g/mol. The molecule has 27 heavy (non-hydrogen) atoms. The molecule has 1 spiro atoms. The Morgan fingerprint density at radius 2 is 1.81 bits per heavy atom. The highest BCUT2D eigenvalue weighted by atomic mass is 16.4. The van der Waals surface area contributed by atoms with Gasteiger partial charge in [-0.25, -0.2) is 4.68 Å². The Balaban J connectivity index is 1.43. The predicted octanol–water partition coefficient (Wildman–Crippen LogP) is 1.62. The molecule has 1 N–H and O–H groups in total. The van der Waals surface area contributed by atoms with E-state index < -0.39 is 5.97 Å². The first-order valence-corrected chi connectivity index (χ1v) is 9.13. The van der Waals surface area contributed by atoms with Gasteiger partial charge in [-0.15, -0.1) is 0 Å². The lowest BCUT2D eigenvalue weighted by molar-refractivity contribution is -0.140. The molecule has 0 bridgehead atoms. The molecule has 1 aliphatic carbocycles. The molecule has 2 aliphatic rings. The quantitative estimate of drug-likeness (QED) is 0.887. The van der Waals surface area contributed by atoms with E-state index >= 15 is 0 Å². The fourth-order valence-corrected chi connectivity index (χ4v) is 4.00. The van der Waals surface area contributed by atoms with E-state index in [4.69, 9.17) is 5.11 Å². The van der Waals surface area contributed by atoms with Crippen LogP contribution in [0.4, 0.5) is 0 Å². The van der Waals surface area contributed by atoms with Gasteiger partial charge in [0.2, 0.25) is 5.91 Å². The molecule has 1 unspecified atom stereocenters. The highest BCUT2D eigenvalue weighted by Crippen LogP contribution is 2.59. The molecule has 140 valence electrons. The molecule has 1 amide bonds. The average Bonchev–Trinajstić information content (AvgIpc) is 3.38. The van der Waals surface area contributed by atoms with Crippen LogP contribution >= 0.6 is 0 Å². The molecule has 1 saturated heterocycles. The highest BCUT2D eigenvalue weighted by molar-refractivity contribution is 5.77. The minimum absolute atomic E-state index is 0.102. The van der Waals surface area contributed by atoms with Crippen LogP contribution in [0.25, 0.3) is 11.3 Å². The van der Waals surface area contributed by atoms with Crippen molar-refractivity contribution < 1.29 is 14.7 Å². The summed E-state index contributed by atoms with van der Waals surface area (Å²) >= 11 is 0. The lowest BCUT2D eigenvalue weighted by Crippen LogP contribution is -2.43. The number of aromatic nitrogens is 2. The van der Waals surface area contributed by atoms with E-state index in [1.54, 1.807) is 11.0 Å². The van der Waals surface area contributed by atoms with Crippen LogP contribution in [0.2, 0.25) is 0 Å². The molecule has 2 aromatic rings. The Morgan fingerprint density at radius 3 is 2.44 bits per heavy atom. The minimum Gasteiger partial charge on any atom is -0.481 e. The maximum atomic E-state index is 12.6. The first kappa shape index (κ1) is 17.5. The summed E-state index contributed by atoms with van der Waals surface area (Å²) in [4.78, 5) is 37.6. The van der Waals surface area contributed by atoms with Gasteiger partial charge < -0.3 is 10.0 Å². The van der Waals surface area contributed by atoms with E-state index in [2.05, 4.69) is 5.10 Å². The van der Waals surface area contributed by atoms with E-state index in [1.165, 1.54) is 10.7 Å². The van der Waals surface area contributed by atoms with Crippen molar-refractivity contribution in [2.24, 2.45) is 11.3 Å². The molecular formula is C20H21N3O4. The molecule has 1 aromatic carbocycles. The summed E-state index contributed by atoms with van der Waals surface area (Å²) in [5, 5.41) is 13.5. The Hall–Kier alpha value is -2.96. The number of benzene rings is 1. The largest absolute Gasteiger partial charge is 0.481 e. The third kappa shape index (κ3) is 3.37. The van der Waals surface area contributed by atoms with E-state index in [9.17, 15) is 14.4 Å². The van der Waals surface area contributed by atoms with Crippen molar-refractivity contribution >= 4 is 11.9 Å². The zero-order chi connectivity index (χ0) is 19.0. The van der Waals surface area contributed by atoms with Crippen LogP contribution in [0.15, 0.2) is 47.3 Å². The average molecular weight is 367 g/mol. The summed E-state index contributed by atoms with van der Waals surface area (Å²) in [5.41, 5.74) is 1.09. The summed E-state index contributed by atoms with van der Waals surface area (Å²) in [6, 6.07) is 12.6. The number of hydrogen-bond donors (Lipinski definition) is 1. The fraction of sp³-hybridized carbons (Fsp3) is 0.400. The van der Waals surface area contributed by atoms with Crippen molar-refractivity contribution in [3.05, 3.63) is 52.8 Å². The van der Waals surface area contributed by atoms with Gasteiger partial charge in [0, 0.05) is 24.7 Å². The highest BCUT2D eigenvalue weighted by Gasteiger charge is 2.59. The van der Waals surface area contributed by atoms with Gasteiger partial charge in [-0.05, 0) is 30.7 Å². The van der Waals surface area contributed by atoms with Crippen LogP contribution in [0.3, 0.4) is 0 Å². The van der Waals surface area contributed by atoms with E-state index in [1.807, 2.05) is 30.3 Å². The third-order valence-electron chi connectivity index (χ3n) is 5.82. The number of hydrogen-bond acceptors (Lipinski definition) is 4. The van der Waals surface area contributed by atoms with Crippen molar-refractivity contribution in [3.63, 3.8) is 0 Å². The van der Waals surface area contributed by atoms with Gasteiger partial charge in [0.1, 0.15) is 6.54 Å². The van der Waals surface area contributed by atoms with Crippen LogP contribution < -0.4 is 5.56 Å². The van der Waals surface area contributed by atoms with Gasteiger partial charge in [-0.3, -0.25) is 14.4 Å². The molecule has 1 atom stereocenters. The van der Waals surface area contributed by atoms with Crippen molar-refractivity contribution in [1.29, 1.82) is 0 Å². The van der Waals surface area contributed by atoms with Crippen molar-refractivity contribution in [2.75, 3.05) is 13.1 Å². The van der Waals surface area contributed by atoms with Crippen LogP contribution in [-0.4, -0.2) is 44.8 Å². The number of nitrogens with zero attached hydrogens (tertiary/aromatic N) is 3. The zero-order valence-electron chi connectivity index (χ0n) is 14.9. The lowest BCUT2D eigenvalue weighted by atomic mass is 9.91. The molecule has 4 rings (SSSR count). The maximum Gasteiger partial charge on any atom is 0.307 e. The number of carboxylic acids is 1. The second-order valence-electron chi connectivity index (χ2n) is 7.42. The standard InChI is InChI=1S/C20H21N3O4/c24-17-7-6-16(14-4-2-1-3-5-14)21-23(17)13-18(25)22-10-8-20(9-11-22)12-15(20)19(26)27/h1-7,15H,8-13H2,(H,26,27). The summed E-state index contributed by atoms with van der Waals surface area (Å²) in [6.07, 6.45) is 2.13. The van der Waals surface area contributed by atoms with Gasteiger partial charge >= 0.3 is 5.97 Å². The molecular weight excluding hydrogens is 346 g/mol. The molecule has 1 saturated carbocycles. The molecule has 7 heteroatoms. The Labute approximate surface area is 156 Å². The molecule has 2 fully saturated rings. The summed E-state index contributed by atoms with van der Waals surface area (Å²) in [7, 11) is 0. The van der Waals surface area contributed by atoms with Gasteiger partial charge in [-0.2, -0.15) is 5.10 Å². The van der Waals surface area contributed by atoms with E-state index in [0.29, 0.717) is 38.0 Å². The number of carbonyl (C=O) groups excluding carboxylic acids is 1. The first-order valence-electron chi connectivity index (χ1n) is 9.13. The number of carbonyl (C=O) groups is 2. The van der Waals surface area contributed by atoms with Crippen LogP contribution in [0.1, 0.15) is 19.3 Å². The number of rotatable bonds is 4. The van der Waals surface area contributed by atoms with Gasteiger partial charge in [0.05, 0.1) is 11.6 Å². The Kier molecular flexibility index (Phi) is 4.30. The van der Waals surface area contributed by atoms with Crippen molar-refractivity contribution in [2.45, 2.75) is 25.8 Å². The van der Waals surface area contributed by atoms with Crippen LogP contribution in [0.5, 0.6) is 0 Å². The van der Waals surface area contributed by atoms with Gasteiger partial charge in [0.25, 0.3) is 5.56 Å². The molecule has 1 aliphatic heterocycles. The van der Waals surface area contributed by atoms with Gasteiger partial charge in [-0.1, -0.05) is 30.3 Å². The first-order chi connectivity index (χ1) is 13.0. The fourth-order valence-electron chi connectivity index (χ4n) is 4.00. The summed E-state index contributed by atoms with van der Waals surface area (Å²) in [5.74, 6) is -1.15. The van der Waals surface area contributed by atoms with Crippen LogP contribution in [0, 0.1) is 11.3 Å². The zero-order valence-corrected chi connectivity index (χ0v) is 14.9. The summed E-state index contributed by atoms with van der Waals surface area (Å²) < 4.78 is 1.20. The third-order valence-corrected chi connectivity index (χ3v) is 5.82. The predicted molar refractivity (Wildman–Crippen MR) is 97.9 cm³/mol. The smallest absolute Gasteiger partial charge is 0.307 e.